The highest BCUT2D eigenvalue weighted by molar-refractivity contribution is 4.76. The maximum absolute atomic E-state index is 9.49. The summed E-state index contributed by atoms with van der Waals surface area (Å²) in [5.41, 5.74) is 0. The number of aliphatic hydroxyl groups excluding tert-OH is 1. The molecule has 3 atom stereocenters. The van der Waals surface area contributed by atoms with Gasteiger partial charge in [0.1, 0.15) is 0 Å². The Morgan fingerprint density at radius 1 is 1.40 bits per heavy atom. The minimum Gasteiger partial charge on any atom is -0.393 e. The van der Waals surface area contributed by atoms with Gasteiger partial charge >= 0.3 is 0 Å². The third-order valence-electron chi connectivity index (χ3n) is 2.73. The van der Waals surface area contributed by atoms with E-state index < -0.39 is 0 Å². The molecule has 10 heavy (non-hydrogen) atoms. The quantitative estimate of drug-likeness (QED) is 0.595. The standard InChI is InChI=1S/C9H18O/c1-3-8-6-7(2)4-5-9(8)10/h7-10H,3-6H2,1-2H3. The van der Waals surface area contributed by atoms with Gasteiger partial charge in [0, 0.05) is 0 Å². The Hall–Kier alpha value is -0.0400. The molecule has 1 rings (SSSR count). The Morgan fingerprint density at radius 2 is 2.10 bits per heavy atom. The van der Waals surface area contributed by atoms with Crippen LogP contribution in [-0.4, -0.2) is 11.2 Å². The number of rotatable bonds is 1. The lowest BCUT2D eigenvalue weighted by atomic mass is 9.79. The molecular weight excluding hydrogens is 124 g/mol. The third kappa shape index (κ3) is 1.72. The highest BCUT2D eigenvalue weighted by Gasteiger charge is 2.24. The molecule has 0 aliphatic heterocycles. The van der Waals surface area contributed by atoms with Crippen molar-refractivity contribution in [2.45, 2.75) is 45.6 Å². The molecule has 1 heteroatoms. The lowest BCUT2D eigenvalue weighted by Gasteiger charge is -2.30. The lowest BCUT2D eigenvalue weighted by Crippen LogP contribution is -2.27. The minimum atomic E-state index is 0.00111. The summed E-state index contributed by atoms with van der Waals surface area (Å²) in [7, 11) is 0. The number of hydrogen-bond acceptors (Lipinski definition) is 1. The molecule has 1 aliphatic rings. The average molecular weight is 142 g/mol. The van der Waals surface area contributed by atoms with Gasteiger partial charge < -0.3 is 5.11 Å². The minimum absolute atomic E-state index is 0.00111. The summed E-state index contributed by atoms with van der Waals surface area (Å²) in [4.78, 5) is 0. The second-order valence-electron chi connectivity index (χ2n) is 3.65. The van der Waals surface area contributed by atoms with Gasteiger partial charge in [-0.2, -0.15) is 0 Å². The second-order valence-corrected chi connectivity index (χ2v) is 3.65. The van der Waals surface area contributed by atoms with Crippen molar-refractivity contribution in [1.29, 1.82) is 0 Å². The molecule has 0 aromatic heterocycles. The lowest BCUT2D eigenvalue weighted by molar-refractivity contribution is 0.0499. The van der Waals surface area contributed by atoms with Gasteiger partial charge in [0.05, 0.1) is 6.10 Å². The van der Waals surface area contributed by atoms with Gasteiger partial charge in [0.25, 0.3) is 0 Å². The molecule has 60 valence electrons. The monoisotopic (exact) mass is 142 g/mol. The van der Waals surface area contributed by atoms with Crippen molar-refractivity contribution >= 4 is 0 Å². The molecule has 0 heterocycles. The van der Waals surface area contributed by atoms with Crippen molar-refractivity contribution in [2.24, 2.45) is 11.8 Å². The molecule has 1 fully saturated rings. The van der Waals surface area contributed by atoms with Crippen LogP contribution in [0.2, 0.25) is 0 Å². The molecule has 3 unspecified atom stereocenters. The molecule has 1 aliphatic carbocycles. The van der Waals surface area contributed by atoms with Crippen molar-refractivity contribution in [3.8, 4) is 0 Å². The Bertz CT molecular complexity index is 101. The predicted octanol–water partition coefficient (Wildman–Crippen LogP) is 2.19. The summed E-state index contributed by atoms with van der Waals surface area (Å²) in [6.45, 7) is 4.46. The van der Waals surface area contributed by atoms with Crippen molar-refractivity contribution in [3.63, 3.8) is 0 Å². The first-order valence-corrected chi connectivity index (χ1v) is 4.42. The van der Waals surface area contributed by atoms with Gasteiger partial charge in [-0.15, -0.1) is 0 Å². The van der Waals surface area contributed by atoms with Crippen LogP contribution in [0, 0.1) is 11.8 Å². The van der Waals surface area contributed by atoms with Crippen molar-refractivity contribution < 1.29 is 5.11 Å². The van der Waals surface area contributed by atoms with Crippen LogP contribution in [0.15, 0.2) is 0 Å². The Balaban J connectivity index is 2.38. The summed E-state index contributed by atoms with van der Waals surface area (Å²) in [6, 6.07) is 0. The van der Waals surface area contributed by atoms with Crippen molar-refractivity contribution in [3.05, 3.63) is 0 Å². The van der Waals surface area contributed by atoms with E-state index in [0.717, 1.165) is 18.8 Å². The summed E-state index contributed by atoms with van der Waals surface area (Å²) < 4.78 is 0. The second kappa shape index (κ2) is 3.38. The van der Waals surface area contributed by atoms with E-state index in [0.29, 0.717) is 5.92 Å². The van der Waals surface area contributed by atoms with Gasteiger partial charge in [-0.05, 0) is 31.1 Å². The maximum Gasteiger partial charge on any atom is 0.0568 e. The fourth-order valence-electron chi connectivity index (χ4n) is 1.92. The van der Waals surface area contributed by atoms with E-state index in [2.05, 4.69) is 13.8 Å². The van der Waals surface area contributed by atoms with Crippen LogP contribution < -0.4 is 0 Å². The van der Waals surface area contributed by atoms with Crippen LogP contribution >= 0.6 is 0 Å². The zero-order valence-corrected chi connectivity index (χ0v) is 7.01. The Morgan fingerprint density at radius 3 is 2.60 bits per heavy atom. The van der Waals surface area contributed by atoms with Crippen molar-refractivity contribution in [2.75, 3.05) is 0 Å². The van der Waals surface area contributed by atoms with Crippen LogP contribution in [-0.2, 0) is 0 Å². The molecule has 0 radical (unpaired) electrons. The predicted molar refractivity (Wildman–Crippen MR) is 42.8 cm³/mol. The van der Waals surface area contributed by atoms with E-state index in [4.69, 9.17) is 0 Å². The highest BCUT2D eigenvalue weighted by atomic mass is 16.3. The fourth-order valence-corrected chi connectivity index (χ4v) is 1.92. The maximum atomic E-state index is 9.49. The zero-order chi connectivity index (χ0) is 7.56. The summed E-state index contributed by atoms with van der Waals surface area (Å²) >= 11 is 0. The number of hydrogen-bond donors (Lipinski definition) is 1. The molecule has 0 saturated heterocycles. The highest BCUT2D eigenvalue weighted by Crippen LogP contribution is 2.30. The van der Waals surface area contributed by atoms with Crippen LogP contribution in [0.25, 0.3) is 0 Å². The van der Waals surface area contributed by atoms with Crippen LogP contribution in [0.5, 0.6) is 0 Å². The normalized spacial score (nSPS) is 41.7. The molecule has 1 saturated carbocycles. The fraction of sp³-hybridized carbons (Fsp3) is 1.00. The third-order valence-corrected chi connectivity index (χ3v) is 2.73. The molecular formula is C9H18O. The van der Waals surface area contributed by atoms with E-state index in [1.165, 1.54) is 12.8 Å². The van der Waals surface area contributed by atoms with E-state index in [9.17, 15) is 5.11 Å². The van der Waals surface area contributed by atoms with Gasteiger partial charge in [-0.1, -0.05) is 20.3 Å². The van der Waals surface area contributed by atoms with Gasteiger partial charge in [0.15, 0.2) is 0 Å². The molecule has 0 spiro atoms. The molecule has 0 aromatic rings. The van der Waals surface area contributed by atoms with Gasteiger partial charge in [0.2, 0.25) is 0 Å². The average Bonchev–Trinajstić information content (AvgIpc) is 1.94. The van der Waals surface area contributed by atoms with Crippen molar-refractivity contribution in [1.82, 2.24) is 0 Å². The Labute approximate surface area is 63.4 Å². The van der Waals surface area contributed by atoms with Crippen LogP contribution in [0.3, 0.4) is 0 Å². The summed E-state index contributed by atoms with van der Waals surface area (Å²) in [5.74, 6) is 1.43. The SMILES string of the molecule is CCC1CC(C)CCC1O. The first kappa shape index (κ1) is 8.06. The first-order valence-electron chi connectivity index (χ1n) is 4.42. The summed E-state index contributed by atoms with van der Waals surface area (Å²) in [6.07, 6.45) is 4.63. The van der Waals surface area contributed by atoms with E-state index in [1.54, 1.807) is 0 Å². The Kier molecular flexibility index (Phi) is 2.72. The summed E-state index contributed by atoms with van der Waals surface area (Å²) in [5, 5.41) is 9.49. The zero-order valence-electron chi connectivity index (χ0n) is 7.01. The van der Waals surface area contributed by atoms with Crippen LogP contribution in [0.4, 0.5) is 0 Å². The van der Waals surface area contributed by atoms with Gasteiger partial charge in [-0.25, -0.2) is 0 Å². The molecule has 0 aromatic carbocycles. The number of aliphatic hydroxyl groups is 1. The van der Waals surface area contributed by atoms with E-state index >= 15 is 0 Å². The smallest absolute Gasteiger partial charge is 0.0568 e. The first-order chi connectivity index (χ1) is 4.74. The van der Waals surface area contributed by atoms with E-state index in [1.807, 2.05) is 0 Å². The molecule has 0 amide bonds. The van der Waals surface area contributed by atoms with Crippen LogP contribution in [0.1, 0.15) is 39.5 Å². The molecule has 1 nitrogen and oxygen atoms in total. The topological polar surface area (TPSA) is 20.2 Å². The largest absolute Gasteiger partial charge is 0.393 e. The van der Waals surface area contributed by atoms with E-state index in [-0.39, 0.29) is 6.10 Å². The van der Waals surface area contributed by atoms with Gasteiger partial charge in [-0.3, -0.25) is 0 Å². The molecule has 1 N–H and O–H groups in total. The molecule has 0 bridgehead atoms.